The van der Waals surface area contributed by atoms with E-state index in [9.17, 15) is 13.2 Å². The molecule has 0 aliphatic heterocycles. The maximum atomic E-state index is 13.1. The minimum atomic E-state index is -4.57. The lowest BCUT2D eigenvalue weighted by Gasteiger charge is -2.12. The number of aromatic nitrogens is 5. The van der Waals surface area contributed by atoms with Crippen LogP contribution in [0.5, 0.6) is 0 Å². The Morgan fingerprint density at radius 1 is 1.20 bits per heavy atom. The third-order valence-corrected chi connectivity index (χ3v) is 3.73. The summed E-state index contributed by atoms with van der Waals surface area (Å²) in [5, 5.41) is 7.02. The molecule has 0 atom stereocenters. The molecule has 130 valence electrons. The molecule has 3 aromatic rings. The van der Waals surface area contributed by atoms with Crippen LogP contribution in [0, 0.1) is 6.92 Å². The third-order valence-electron chi connectivity index (χ3n) is 3.73. The van der Waals surface area contributed by atoms with E-state index in [2.05, 4.69) is 25.4 Å². The normalized spacial score (nSPS) is 11.6. The van der Waals surface area contributed by atoms with Gasteiger partial charge in [0, 0.05) is 48.9 Å². The highest BCUT2D eigenvalue weighted by atomic mass is 19.4. The number of alkyl halides is 3. The summed E-state index contributed by atoms with van der Waals surface area (Å²) in [4.78, 5) is 11.7. The fraction of sp³-hybridized carbons (Fsp3) is 0.250. The fourth-order valence-corrected chi connectivity index (χ4v) is 2.21. The molecule has 0 spiro atoms. The van der Waals surface area contributed by atoms with Crippen molar-refractivity contribution in [1.82, 2.24) is 24.7 Å². The van der Waals surface area contributed by atoms with E-state index in [4.69, 9.17) is 0 Å². The summed E-state index contributed by atoms with van der Waals surface area (Å²) in [6.45, 7) is 2.19. The van der Waals surface area contributed by atoms with Gasteiger partial charge >= 0.3 is 6.18 Å². The van der Waals surface area contributed by atoms with Crippen LogP contribution in [0.4, 0.5) is 19.0 Å². The van der Waals surface area contributed by atoms with E-state index < -0.39 is 11.9 Å². The number of halogens is 3. The molecule has 3 aromatic heterocycles. The van der Waals surface area contributed by atoms with Gasteiger partial charge < -0.3 is 5.32 Å². The lowest BCUT2D eigenvalue weighted by molar-refractivity contribution is -0.141. The van der Waals surface area contributed by atoms with E-state index in [1.54, 1.807) is 30.1 Å². The molecule has 0 aromatic carbocycles. The molecule has 0 radical (unpaired) electrons. The van der Waals surface area contributed by atoms with Gasteiger partial charge in [0.2, 0.25) is 0 Å². The summed E-state index contributed by atoms with van der Waals surface area (Å²) < 4.78 is 41.1. The van der Waals surface area contributed by atoms with Crippen molar-refractivity contribution in [2.75, 3.05) is 5.32 Å². The quantitative estimate of drug-likeness (QED) is 0.784. The highest BCUT2D eigenvalue weighted by Crippen LogP contribution is 2.30. The van der Waals surface area contributed by atoms with Gasteiger partial charge in [-0.25, -0.2) is 9.97 Å². The van der Waals surface area contributed by atoms with Crippen LogP contribution in [0.1, 0.15) is 17.0 Å². The number of rotatable bonds is 4. The predicted molar refractivity (Wildman–Crippen MR) is 85.5 cm³/mol. The lowest BCUT2D eigenvalue weighted by atomic mass is 10.2. The van der Waals surface area contributed by atoms with E-state index in [1.807, 2.05) is 6.92 Å². The van der Waals surface area contributed by atoms with Crippen LogP contribution in [0.2, 0.25) is 0 Å². The molecular weight excluding hydrogens is 333 g/mol. The summed E-state index contributed by atoms with van der Waals surface area (Å²) >= 11 is 0. The second kappa shape index (κ2) is 6.50. The average Bonchev–Trinajstić information content (AvgIpc) is 2.91. The van der Waals surface area contributed by atoms with Gasteiger partial charge in [-0.15, -0.1) is 0 Å². The number of aryl methyl sites for hydroxylation is 1. The largest absolute Gasteiger partial charge is 0.433 e. The van der Waals surface area contributed by atoms with E-state index in [0.717, 1.165) is 17.3 Å². The Morgan fingerprint density at radius 2 is 2.00 bits per heavy atom. The van der Waals surface area contributed by atoms with Crippen LogP contribution in [0.25, 0.3) is 11.4 Å². The van der Waals surface area contributed by atoms with Crippen LogP contribution in [0.3, 0.4) is 0 Å². The lowest BCUT2D eigenvalue weighted by Crippen LogP contribution is -2.12. The maximum Gasteiger partial charge on any atom is 0.433 e. The van der Waals surface area contributed by atoms with Crippen LogP contribution in [0.15, 0.2) is 36.8 Å². The zero-order chi connectivity index (χ0) is 18.0. The predicted octanol–water partition coefficient (Wildman–Crippen LogP) is 3.21. The zero-order valence-corrected chi connectivity index (χ0v) is 13.5. The topological polar surface area (TPSA) is 68.5 Å². The first-order chi connectivity index (χ1) is 11.8. The van der Waals surface area contributed by atoms with Gasteiger partial charge in [-0.3, -0.25) is 9.67 Å². The Labute approximate surface area is 141 Å². The first kappa shape index (κ1) is 16.9. The van der Waals surface area contributed by atoms with Crippen molar-refractivity contribution >= 4 is 5.82 Å². The SMILES string of the molecule is Cc1c(CNc2cc(C(F)(F)F)nc(-c3cccnc3)n2)cnn1C. The molecule has 0 amide bonds. The number of nitrogens with zero attached hydrogens (tertiary/aromatic N) is 5. The van der Waals surface area contributed by atoms with Gasteiger partial charge in [-0.1, -0.05) is 0 Å². The number of hydrogen-bond acceptors (Lipinski definition) is 5. The molecule has 0 saturated heterocycles. The molecule has 3 heterocycles. The summed E-state index contributed by atoms with van der Waals surface area (Å²) in [5.74, 6) is 0.0535. The van der Waals surface area contributed by atoms with Gasteiger partial charge in [0.25, 0.3) is 0 Å². The molecule has 0 saturated carbocycles. The van der Waals surface area contributed by atoms with Crippen molar-refractivity contribution in [3.8, 4) is 11.4 Å². The molecule has 0 aliphatic rings. The number of nitrogens with one attached hydrogen (secondary N) is 1. The van der Waals surface area contributed by atoms with Gasteiger partial charge in [0.1, 0.15) is 5.82 Å². The van der Waals surface area contributed by atoms with Crippen LogP contribution >= 0.6 is 0 Å². The van der Waals surface area contributed by atoms with Gasteiger partial charge in [0.15, 0.2) is 11.5 Å². The van der Waals surface area contributed by atoms with Gasteiger partial charge in [-0.2, -0.15) is 18.3 Å². The van der Waals surface area contributed by atoms with Gasteiger partial charge in [-0.05, 0) is 19.1 Å². The summed E-state index contributed by atoms with van der Waals surface area (Å²) in [7, 11) is 1.80. The standard InChI is InChI=1S/C16H15F3N6/c1-10-12(9-22-25(10)2)8-21-14-6-13(16(17,18)19)23-15(24-14)11-4-3-5-20-7-11/h3-7,9H,8H2,1-2H3,(H,21,23,24). The molecule has 1 N–H and O–H groups in total. The number of pyridine rings is 1. The monoisotopic (exact) mass is 348 g/mol. The number of hydrogen-bond donors (Lipinski definition) is 1. The molecular formula is C16H15F3N6. The second-order valence-corrected chi connectivity index (χ2v) is 5.43. The fourth-order valence-electron chi connectivity index (χ4n) is 2.21. The first-order valence-electron chi connectivity index (χ1n) is 7.42. The van der Waals surface area contributed by atoms with E-state index in [1.165, 1.54) is 12.4 Å². The first-order valence-corrected chi connectivity index (χ1v) is 7.42. The molecule has 0 fully saturated rings. The van der Waals surface area contributed by atoms with Crippen LogP contribution < -0.4 is 5.32 Å². The Balaban J connectivity index is 1.94. The van der Waals surface area contributed by atoms with Crippen LogP contribution in [-0.2, 0) is 19.8 Å². The minimum Gasteiger partial charge on any atom is -0.366 e. The molecule has 6 nitrogen and oxygen atoms in total. The highest BCUT2D eigenvalue weighted by Gasteiger charge is 2.33. The highest BCUT2D eigenvalue weighted by molar-refractivity contribution is 5.56. The Bertz CT molecular complexity index is 873. The zero-order valence-electron chi connectivity index (χ0n) is 13.5. The second-order valence-electron chi connectivity index (χ2n) is 5.43. The molecule has 0 unspecified atom stereocenters. The van der Waals surface area contributed by atoms with Crippen molar-refractivity contribution in [3.05, 3.63) is 53.7 Å². The molecule has 25 heavy (non-hydrogen) atoms. The van der Waals surface area contributed by atoms with Crippen molar-refractivity contribution in [3.63, 3.8) is 0 Å². The Hall–Kier alpha value is -2.97. The van der Waals surface area contributed by atoms with E-state index in [-0.39, 0.29) is 11.6 Å². The van der Waals surface area contributed by atoms with Crippen molar-refractivity contribution in [2.45, 2.75) is 19.6 Å². The van der Waals surface area contributed by atoms with Crippen molar-refractivity contribution < 1.29 is 13.2 Å². The summed E-state index contributed by atoms with van der Waals surface area (Å²) in [6.07, 6.45) is 0.0444. The Kier molecular flexibility index (Phi) is 4.39. The molecule has 3 rings (SSSR count). The average molecular weight is 348 g/mol. The molecule has 9 heteroatoms. The van der Waals surface area contributed by atoms with Crippen molar-refractivity contribution in [1.29, 1.82) is 0 Å². The Morgan fingerprint density at radius 3 is 2.60 bits per heavy atom. The third kappa shape index (κ3) is 3.76. The van der Waals surface area contributed by atoms with Crippen LogP contribution in [-0.4, -0.2) is 24.7 Å². The summed E-state index contributed by atoms with van der Waals surface area (Å²) in [6, 6.07) is 4.12. The molecule has 0 aliphatic carbocycles. The molecule has 0 bridgehead atoms. The summed E-state index contributed by atoms with van der Waals surface area (Å²) in [5.41, 5.74) is 1.20. The minimum absolute atomic E-state index is 0.0340. The van der Waals surface area contributed by atoms with Gasteiger partial charge in [0.05, 0.1) is 6.20 Å². The number of anilines is 1. The van der Waals surface area contributed by atoms with Crippen molar-refractivity contribution in [2.24, 2.45) is 7.05 Å². The maximum absolute atomic E-state index is 13.1. The van der Waals surface area contributed by atoms with E-state index >= 15 is 0 Å². The van der Waals surface area contributed by atoms with E-state index in [0.29, 0.717) is 12.1 Å². The smallest absolute Gasteiger partial charge is 0.366 e.